The summed E-state index contributed by atoms with van der Waals surface area (Å²) in [6.07, 6.45) is 20.4. The summed E-state index contributed by atoms with van der Waals surface area (Å²) in [5.74, 6) is 0. The normalized spacial score (nSPS) is 10.9. The van der Waals surface area contributed by atoms with Gasteiger partial charge in [-0.15, -0.1) is 0 Å². The van der Waals surface area contributed by atoms with Gasteiger partial charge in [-0.25, -0.2) is 0 Å². The van der Waals surface area contributed by atoms with Gasteiger partial charge >= 0.3 is 0 Å². The van der Waals surface area contributed by atoms with Crippen LogP contribution in [0.2, 0.25) is 0 Å². The van der Waals surface area contributed by atoms with Crippen molar-refractivity contribution in [2.45, 2.75) is 96.8 Å². The van der Waals surface area contributed by atoms with Crippen LogP contribution in [0.15, 0.2) is 0 Å². The Morgan fingerprint density at radius 1 is 0.500 bits per heavy atom. The Hall–Kier alpha value is 1.14. The van der Waals surface area contributed by atoms with Crippen LogP contribution in [0.3, 0.4) is 0 Å². The highest BCUT2D eigenvalue weighted by Gasteiger charge is 2.04. The molecule has 0 unspecified atom stereocenters. The number of nitrogens with zero attached hydrogens (tertiary/aromatic N) is 1. The molecule has 8 nitrogen and oxygen atoms in total. The Morgan fingerprint density at radius 3 is 0.875 bits per heavy atom. The molecule has 0 spiro atoms. The molecule has 0 saturated carbocycles. The van der Waals surface area contributed by atoms with Crippen LogP contribution in [0.5, 0.6) is 0 Å². The van der Waals surface area contributed by atoms with Gasteiger partial charge in [0, 0.05) is 0 Å². The van der Waals surface area contributed by atoms with Crippen LogP contribution < -0.4 is 67.6 Å². The highest BCUT2D eigenvalue weighted by atomic mass is 127. The molecule has 0 amide bonds. The van der Waals surface area contributed by atoms with E-state index in [0.29, 0.717) is 0 Å². The van der Waals surface area contributed by atoms with Crippen LogP contribution in [-0.2, 0) is 0 Å². The minimum absolute atomic E-state index is 1.12. The zero-order chi connectivity index (χ0) is 25.8. The minimum Gasteiger partial charge on any atom is -0.427 e. The molecule has 0 fully saturated rings. The Bertz CT molecular complexity index is 299. The van der Waals surface area contributed by atoms with Crippen LogP contribution >= 0.6 is 0 Å². The quantitative estimate of drug-likeness (QED) is 0.103. The number of halogens is 2. The fourth-order valence-corrected chi connectivity index (χ4v) is 2.78. The van der Waals surface area contributed by atoms with Gasteiger partial charge in [0.05, 0.1) is 48.8 Å². The predicted octanol–water partition coefficient (Wildman–Crippen LogP) is -8.19. The van der Waals surface area contributed by atoms with E-state index in [9.17, 15) is 0 Å². The van der Waals surface area contributed by atoms with E-state index in [1.807, 2.05) is 0 Å². The van der Waals surface area contributed by atoms with Crippen molar-refractivity contribution in [2.75, 3.05) is 48.8 Å². The molecule has 0 rings (SSSR count). The van der Waals surface area contributed by atoms with Gasteiger partial charge in [0.25, 0.3) is 42.1 Å². The monoisotopic (exact) mass is 694 g/mol. The van der Waals surface area contributed by atoms with E-state index in [2.05, 4.69) is 49.2 Å². The van der Waals surface area contributed by atoms with Crippen LogP contribution in [-0.4, -0.2) is 53.3 Å². The second-order valence-electron chi connectivity index (χ2n) is 9.49. The molecule has 10 heteroatoms. The van der Waals surface area contributed by atoms with E-state index in [1.54, 1.807) is 0 Å². The fourth-order valence-electron chi connectivity index (χ4n) is 2.78. The number of hydrogen-bond acceptors (Lipinski definition) is 6. The van der Waals surface area contributed by atoms with Gasteiger partial charge in [-0.2, -0.15) is 0 Å². The smallest absolute Gasteiger partial charge is 0.282 e. The fraction of sp³-hybridized carbons (Fsp3) is 1.00. The lowest BCUT2D eigenvalue weighted by Gasteiger charge is -2.23. The van der Waals surface area contributed by atoms with Crippen molar-refractivity contribution in [3.63, 3.8) is 0 Å². The summed E-state index contributed by atoms with van der Waals surface area (Å²) in [7, 11) is 13.1. The highest BCUT2D eigenvalue weighted by molar-refractivity contribution is 4.49. The third kappa shape index (κ3) is 86.0. The second-order valence-corrected chi connectivity index (χ2v) is 11.6. The summed E-state index contributed by atoms with van der Waals surface area (Å²) < 4.78 is 52.6. The van der Waals surface area contributed by atoms with Crippen molar-refractivity contribution >= 4 is 0 Å². The topological polar surface area (TPSA) is 143 Å². The molecule has 32 heavy (non-hydrogen) atoms. The van der Waals surface area contributed by atoms with E-state index < -0.39 is 42.1 Å². The summed E-state index contributed by atoms with van der Waals surface area (Å²) in [5, 5.41) is 0. The van der Waals surface area contributed by atoms with Gasteiger partial charge in [0.2, 0.25) is 0 Å². The van der Waals surface area contributed by atoms with E-state index in [0.717, 1.165) is 4.48 Å². The van der Waals surface area contributed by atoms with Crippen LogP contribution in [0.1, 0.15) is 96.8 Å². The zero-order valence-corrected chi connectivity index (χ0v) is 26.1. The molecular formula is C22H52I2N2O6. The van der Waals surface area contributed by atoms with Crippen molar-refractivity contribution in [1.29, 1.82) is 0 Å². The summed E-state index contributed by atoms with van der Waals surface area (Å²) in [6.45, 7) is 3.63. The molecule has 0 aromatic rings. The van der Waals surface area contributed by atoms with Crippen molar-refractivity contribution in [1.82, 2.24) is 0 Å². The SMILES string of the molecule is CCCCCCCCCCCCCCCC[N+](C)(C)C.C[NH+](C)C.[O-][I+2]([O-])[O-].[O-][I+2]([O-])[O-]. The summed E-state index contributed by atoms with van der Waals surface area (Å²) >= 11 is -8.03. The number of unbranched alkanes of at least 4 members (excludes halogenated alkanes) is 13. The maximum Gasteiger partial charge on any atom is 0.282 e. The first-order chi connectivity index (χ1) is 14.8. The number of quaternary nitrogens is 2. The van der Waals surface area contributed by atoms with E-state index >= 15 is 0 Å². The first kappa shape index (κ1) is 40.3. The molecule has 0 aromatic carbocycles. The molecule has 0 aliphatic heterocycles. The highest BCUT2D eigenvalue weighted by Crippen LogP contribution is 2.13. The van der Waals surface area contributed by atoms with E-state index in [4.69, 9.17) is 20.6 Å². The lowest BCUT2D eigenvalue weighted by atomic mass is 10.0. The first-order valence-electron chi connectivity index (χ1n) is 11.8. The van der Waals surface area contributed by atoms with Crippen LogP contribution in [0.25, 0.3) is 0 Å². The molecule has 200 valence electrons. The molecule has 0 aliphatic carbocycles. The summed E-state index contributed by atoms with van der Waals surface area (Å²) in [5.41, 5.74) is 0. The molecule has 1 N–H and O–H groups in total. The third-order valence-electron chi connectivity index (χ3n) is 4.18. The largest absolute Gasteiger partial charge is 0.427 e. The number of hydrogen-bond donors (Lipinski definition) is 1. The van der Waals surface area contributed by atoms with Gasteiger partial charge in [0.1, 0.15) is 0 Å². The molecule has 0 bridgehead atoms. The molecule has 0 radical (unpaired) electrons. The Balaban J connectivity index is -0.000000267. The lowest BCUT2D eigenvalue weighted by Crippen LogP contribution is -4.05. The van der Waals surface area contributed by atoms with Gasteiger partial charge in [0.15, 0.2) is 0 Å². The molecule has 0 saturated heterocycles. The van der Waals surface area contributed by atoms with Gasteiger partial charge < -0.3 is 30.0 Å². The molecular weight excluding hydrogens is 642 g/mol. The van der Waals surface area contributed by atoms with Crippen molar-refractivity contribution in [3.05, 3.63) is 0 Å². The van der Waals surface area contributed by atoms with Crippen molar-refractivity contribution in [2.24, 2.45) is 0 Å². The Kier molecular flexibility index (Phi) is 40.5. The summed E-state index contributed by atoms with van der Waals surface area (Å²) in [6, 6.07) is 0. The Labute approximate surface area is 216 Å². The lowest BCUT2D eigenvalue weighted by molar-refractivity contribution is -1.73. The molecule has 0 atom stereocenters. The number of rotatable bonds is 15. The molecule has 0 heterocycles. The van der Waals surface area contributed by atoms with Crippen LogP contribution in [0, 0.1) is 0 Å². The first-order valence-corrected chi connectivity index (χ1v) is 17.1. The summed E-state index contributed by atoms with van der Waals surface area (Å²) in [4.78, 5) is 1.42. The van der Waals surface area contributed by atoms with Crippen molar-refractivity contribution < 1.29 is 72.1 Å². The minimum atomic E-state index is -4.01. The average Bonchev–Trinajstić information content (AvgIpc) is 2.59. The van der Waals surface area contributed by atoms with Gasteiger partial charge in [-0.3, -0.25) is 0 Å². The van der Waals surface area contributed by atoms with Crippen molar-refractivity contribution in [3.8, 4) is 0 Å². The van der Waals surface area contributed by atoms with Gasteiger partial charge in [-0.1, -0.05) is 84.0 Å². The maximum absolute atomic E-state index is 8.57. The zero-order valence-electron chi connectivity index (χ0n) is 21.8. The van der Waals surface area contributed by atoms with E-state index in [-0.39, 0.29) is 0 Å². The second kappa shape index (κ2) is 32.1. The third-order valence-corrected chi connectivity index (χ3v) is 4.18. The average molecular weight is 694 g/mol. The predicted molar refractivity (Wildman–Crippen MR) is 112 cm³/mol. The van der Waals surface area contributed by atoms with Crippen LogP contribution in [0.4, 0.5) is 0 Å². The maximum atomic E-state index is 8.57. The Morgan fingerprint density at radius 2 is 0.688 bits per heavy atom. The number of nitrogens with one attached hydrogen (secondary N) is 1. The standard InChI is InChI=1S/C19H42N.C3H9N.2IO3/c1-5-6-7-8-9-10-11-12-13-14-15-16-17-18-19-20(2,3)4;1-4(2)3;2*2-1(3)4/h5-19H2,1-4H3;1-3H3;;/q+1;;2*-1/p+1. The molecule has 0 aliphatic rings. The van der Waals surface area contributed by atoms with Gasteiger partial charge in [-0.05, 0) is 12.8 Å². The van der Waals surface area contributed by atoms with E-state index in [1.165, 1.54) is 101 Å². The molecule has 0 aromatic heterocycles.